The number of β-amino-alcohol motifs (C(OH)–C–C–N with tert-alkyl or cyclic N) is 1. The molecule has 8 heteroatoms. The Bertz CT molecular complexity index is 621. The molecule has 1 aliphatic heterocycles. The Balaban J connectivity index is 2.15. The summed E-state index contributed by atoms with van der Waals surface area (Å²) in [6, 6.07) is 4.47. The van der Waals surface area contributed by atoms with Crippen LogP contribution in [0.25, 0.3) is 0 Å². The summed E-state index contributed by atoms with van der Waals surface area (Å²) in [6.45, 7) is 0.192. The van der Waals surface area contributed by atoms with Crippen LogP contribution in [0.15, 0.2) is 18.2 Å². The number of hydrogen-bond acceptors (Lipinski definition) is 6. The zero-order chi connectivity index (χ0) is 17.9. The fourth-order valence-corrected chi connectivity index (χ4v) is 2.84. The smallest absolute Gasteiger partial charge is 0.317 e. The Morgan fingerprint density at radius 2 is 2.00 bits per heavy atom. The largest absolute Gasteiger partial charge is 0.497 e. The molecule has 24 heavy (non-hydrogen) atoms. The number of carboxylic acid groups (broad SMARTS) is 1. The van der Waals surface area contributed by atoms with E-state index < -0.39 is 18.1 Å². The van der Waals surface area contributed by atoms with Crippen LogP contribution in [0.2, 0.25) is 0 Å². The van der Waals surface area contributed by atoms with Crippen LogP contribution in [-0.4, -0.2) is 84.9 Å². The Morgan fingerprint density at radius 1 is 1.29 bits per heavy atom. The summed E-state index contributed by atoms with van der Waals surface area (Å²) in [5.74, 6) is -0.300. The monoisotopic (exact) mass is 338 g/mol. The van der Waals surface area contributed by atoms with Crippen LogP contribution in [-0.2, 0) is 4.79 Å². The van der Waals surface area contributed by atoms with Gasteiger partial charge in [0.05, 0.1) is 38.5 Å². The first-order valence-electron chi connectivity index (χ1n) is 7.48. The number of ether oxygens (including phenoxy) is 2. The van der Waals surface area contributed by atoms with Crippen molar-refractivity contribution in [1.29, 1.82) is 0 Å². The third-order valence-electron chi connectivity index (χ3n) is 4.14. The molecule has 2 atom stereocenters. The fourth-order valence-electron chi connectivity index (χ4n) is 2.84. The lowest BCUT2D eigenvalue weighted by molar-refractivity contribution is -0.138. The molecule has 0 aromatic heterocycles. The van der Waals surface area contributed by atoms with Crippen molar-refractivity contribution in [2.45, 2.75) is 12.1 Å². The van der Waals surface area contributed by atoms with Gasteiger partial charge in [-0.15, -0.1) is 0 Å². The lowest BCUT2D eigenvalue weighted by Gasteiger charge is -2.24. The van der Waals surface area contributed by atoms with Crippen LogP contribution in [0.5, 0.6) is 11.5 Å². The van der Waals surface area contributed by atoms with Crippen molar-refractivity contribution in [3.63, 3.8) is 0 Å². The van der Waals surface area contributed by atoms with E-state index >= 15 is 0 Å². The number of methoxy groups -OCH3 is 2. The molecule has 1 heterocycles. The van der Waals surface area contributed by atoms with Gasteiger partial charge in [-0.3, -0.25) is 14.5 Å². The zero-order valence-corrected chi connectivity index (χ0v) is 13.9. The number of benzene rings is 1. The van der Waals surface area contributed by atoms with Crippen molar-refractivity contribution in [2.24, 2.45) is 0 Å². The van der Waals surface area contributed by atoms with E-state index in [0.717, 1.165) is 0 Å². The summed E-state index contributed by atoms with van der Waals surface area (Å²) in [5, 5.41) is 19.0. The van der Waals surface area contributed by atoms with Crippen LogP contribution >= 0.6 is 0 Å². The van der Waals surface area contributed by atoms with E-state index in [0.29, 0.717) is 17.1 Å². The van der Waals surface area contributed by atoms with Crippen LogP contribution in [0.3, 0.4) is 0 Å². The molecule has 2 rings (SSSR count). The van der Waals surface area contributed by atoms with E-state index in [1.807, 2.05) is 0 Å². The zero-order valence-electron chi connectivity index (χ0n) is 13.9. The van der Waals surface area contributed by atoms with Gasteiger partial charge in [0.2, 0.25) is 0 Å². The highest BCUT2D eigenvalue weighted by Crippen LogP contribution is 2.27. The summed E-state index contributed by atoms with van der Waals surface area (Å²) in [4.78, 5) is 26.6. The molecule has 1 aliphatic rings. The molecule has 0 radical (unpaired) electrons. The van der Waals surface area contributed by atoms with Gasteiger partial charge in [0.25, 0.3) is 5.91 Å². The van der Waals surface area contributed by atoms with Crippen molar-refractivity contribution in [2.75, 3.05) is 40.9 Å². The quantitative estimate of drug-likeness (QED) is 0.747. The minimum atomic E-state index is -0.980. The normalized spacial score (nSPS) is 20.3. The number of amides is 1. The summed E-state index contributed by atoms with van der Waals surface area (Å²) in [6.07, 6.45) is -0.803. The first-order chi connectivity index (χ1) is 11.4. The number of aliphatic hydroxyl groups is 1. The molecule has 132 valence electrons. The number of carbonyl (C=O) groups excluding carboxylic acids is 1. The fraction of sp³-hybridized carbons (Fsp3) is 0.500. The number of aliphatic hydroxyl groups excluding tert-OH is 1. The van der Waals surface area contributed by atoms with Gasteiger partial charge in [-0.05, 0) is 19.2 Å². The summed E-state index contributed by atoms with van der Waals surface area (Å²) in [7, 11) is 4.60. The maximum atomic E-state index is 12.7. The van der Waals surface area contributed by atoms with Crippen molar-refractivity contribution in [3.05, 3.63) is 23.8 Å². The van der Waals surface area contributed by atoms with E-state index in [9.17, 15) is 14.7 Å². The average Bonchev–Trinajstić information content (AvgIpc) is 2.94. The molecule has 8 nitrogen and oxygen atoms in total. The van der Waals surface area contributed by atoms with Gasteiger partial charge in [-0.2, -0.15) is 0 Å². The van der Waals surface area contributed by atoms with Crippen molar-refractivity contribution in [3.8, 4) is 11.5 Å². The maximum absolute atomic E-state index is 12.7. The molecule has 1 unspecified atom stereocenters. The molecule has 0 bridgehead atoms. The predicted octanol–water partition coefficient (Wildman–Crippen LogP) is -0.0945. The molecule has 2 N–H and O–H groups in total. The molecule has 1 fully saturated rings. The van der Waals surface area contributed by atoms with Crippen molar-refractivity contribution < 1.29 is 29.3 Å². The van der Waals surface area contributed by atoms with Gasteiger partial charge in [-0.1, -0.05) is 0 Å². The third-order valence-corrected chi connectivity index (χ3v) is 4.14. The van der Waals surface area contributed by atoms with E-state index in [-0.39, 0.29) is 25.5 Å². The summed E-state index contributed by atoms with van der Waals surface area (Å²) in [5.41, 5.74) is 0.368. The summed E-state index contributed by atoms with van der Waals surface area (Å²) < 4.78 is 10.4. The number of aliphatic carboxylic acids is 1. The third kappa shape index (κ3) is 3.77. The van der Waals surface area contributed by atoms with Gasteiger partial charge in [-0.25, -0.2) is 0 Å². The highest BCUT2D eigenvalue weighted by molar-refractivity contribution is 5.97. The molecule has 0 spiro atoms. The first kappa shape index (κ1) is 18.0. The highest BCUT2D eigenvalue weighted by Gasteiger charge is 2.37. The lowest BCUT2D eigenvalue weighted by atomic mass is 10.1. The molecule has 1 saturated heterocycles. The number of nitrogens with zero attached hydrogens (tertiary/aromatic N) is 2. The van der Waals surface area contributed by atoms with Crippen LogP contribution in [0, 0.1) is 0 Å². The number of hydrogen-bond donors (Lipinski definition) is 2. The number of likely N-dealkylation sites (tertiary alicyclic amines) is 1. The van der Waals surface area contributed by atoms with Crippen LogP contribution in [0.4, 0.5) is 0 Å². The second kappa shape index (κ2) is 7.50. The van der Waals surface area contributed by atoms with E-state index in [1.54, 1.807) is 25.2 Å². The Kier molecular flexibility index (Phi) is 5.63. The second-order valence-electron chi connectivity index (χ2n) is 5.72. The van der Waals surface area contributed by atoms with E-state index in [4.69, 9.17) is 14.6 Å². The predicted molar refractivity (Wildman–Crippen MR) is 85.5 cm³/mol. The molecular weight excluding hydrogens is 316 g/mol. The number of likely N-dealkylation sites (N-methyl/N-ethyl adjacent to an activating group) is 1. The number of carbonyl (C=O) groups is 2. The van der Waals surface area contributed by atoms with Gasteiger partial charge >= 0.3 is 5.97 Å². The van der Waals surface area contributed by atoms with Crippen molar-refractivity contribution in [1.82, 2.24) is 9.80 Å². The molecule has 1 aromatic carbocycles. The number of rotatable bonds is 6. The summed E-state index contributed by atoms with van der Waals surface area (Å²) >= 11 is 0. The molecule has 0 aliphatic carbocycles. The minimum absolute atomic E-state index is 0.142. The molecular formula is C16H22N2O6. The topological polar surface area (TPSA) is 99.5 Å². The van der Waals surface area contributed by atoms with Gasteiger partial charge in [0, 0.05) is 19.2 Å². The van der Waals surface area contributed by atoms with Gasteiger partial charge in [0.1, 0.15) is 11.5 Å². The molecule has 0 saturated carbocycles. The Hall–Kier alpha value is -2.32. The lowest BCUT2D eigenvalue weighted by Crippen LogP contribution is -2.43. The van der Waals surface area contributed by atoms with Gasteiger partial charge in [0.15, 0.2) is 0 Å². The standard InChI is InChI=1S/C16H22N2O6/c1-17(9-15(20)21)12-7-18(8-13(12)19)16(22)11-5-4-10(23-2)6-14(11)24-3/h4-6,12-13,19H,7-9H2,1-3H3,(H,20,21)/t12?,13-/m1/s1. The SMILES string of the molecule is COc1ccc(C(=O)N2CC(N(C)CC(=O)O)[C@H](O)C2)c(OC)c1. The van der Waals surface area contributed by atoms with E-state index in [1.165, 1.54) is 24.0 Å². The van der Waals surface area contributed by atoms with E-state index in [2.05, 4.69) is 0 Å². The second-order valence-corrected chi connectivity index (χ2v) is 5.72. The molecule has 1 amide bonds. The van der Waals surface area contributed by atoms with Crippen molar-refractivity contribution >= 4 is 11.9 Å². The minimum Gasteiger partial charge on any atom is -0.497 e. The maximum Gasteiger partial charge on any atom is 0.317 e. The first-order valence-corrected chi connectivity index (χ1v) is 7.48. The van der Waals surface area contributed by atoms with Crippen LogP contribution in [0.1, 0.15) is 10.4 Å². The van der Waals surface area contributed by atoms with Gasteiger partial charge < -0.3 is 24.6 Å². The Morgan fingerprint density at radius 3 is 2.58 bits per heavy atom. The average molecular weight is 338 g/mol. The van der Waals surface area contributed by atoms with Crippen LogP contribution < -0.4 is 9.47 Å². The number of carboxylic acids is 1. The Labute approximate surface area is 140 Å². The molecule has 1 aromatic rings. The highest BCUT2D eigenvalue weighted by atomic mass is 16.5.